The Morgan fingerprint density at radius 1 is 0.564 bits per heavy atom. The molecule has 0 N–H and O–H groups in total. The second kappa shape index (κ2) is 9.40. The van der Waals surface area contributed by atoms with Crippen LogP contribution in [0.2, 0.25) is 10.0 Å². The maximum Gasteiger partial charge on any atom is 0.267 e. The smallest absolute Gasteiger partial charge is 0.267 e. The number of rotatable bonds is 8. The summed E-state index contributed by atoms with van der Waals surface area (Å²) in [5.74, 6) is -1.57. The Hall–Kier alpha value is -3.33. The van der Waals surface area contributed by atoms with E-state index in [0.29, 0.717) is 21.2 Å². The Morgan fingerprint density at radius 2 is 0.897 bits per heavy atom. The van der Waals surface area contributed by atoms with Gasteiger partial charge in [-0.15, -0.1) is 0 Å². The van der Waals surface area contributed by atoms with E-state index in [1.165, 1.54) is 24.3 Å². The first-order chi connectivity index (χ1) is 18.7. The van der Waals surface area contributed by atoms with Gasteiger partial charge in [0.25, 0.3) is 9.87 Å². The largest absolute Gasteiger partial charge is 0.337 e. The number of carbonyl (C=O) groups excluding carboxylic acids is 2. The number of sulfone groups is 1. The molecule has 0 aromatic heterocycles. The van der Waals surface area contributed by atoms with Crippen LogP contribution in [0.5, 0.6) is 0 Å². The molecule has 6 rings (SSSR count). The Kier molecular flexibility index (Phi) is 6.25. The van der Waals surface area contributed by atoms with E-state index in [1.54, 1.807) is 84.9 Å². The van der Waals surface area contributed by atoms with Gasteiger partial charge in [0.1, 0.15) is 12.2 Å². The van der Waals surface area contributed by atoms with Crippen LogP contribution in [0.3, 0.4) is 0 Å². The normalized spacial score (nSPS) is 25.6. The third kappa shape index (κ3) is 3.96. The summed E-state index contributed by atoms with van der Waals surface area (Å²) < 4.78 is 41.4. The van der Waals surface area contributed by atoms with E-state index in [-0.39, 0.29) is 11.1 Å². The average Bonchev–Trinajstić information content (AvgIpc) is 3.88. The van der Waals surface area contributed by atoms with E-state index in [1.807, 2.05) is 0 Å². The molecule has 9 heteroatoms. The number of hydrogen-bond donors (Lipinski definition) is 0. The molecule has 4 atom stereocenters. The van der Waals surface area contributed by atoms with Gasteiger partial charge in [0, 0.05) is 21.2 Å². The van der Waals surface area contributed by atoms with Gasteiger partial charge in [0.05, 0.1) is 0 Å². The van der Waals surface area contributed by atoms with E-state index in [2.05, 4.69) is 0 Å². The maximum atomic E-state index is 14.8. The number of ketones is 2. The fourth-order valence-corrected chi connectivity index (χ4v) is 7.64. The lowest BCUT2D eigenvalue weighted by atomic mass is 10.0. The highest BCUT2D eigenvalue weighted by molar-refractivity contribution is 7.96. The summed E-state index contributed by atoms with van der Waals surface area (Å²) in [7, 11) is -4.83. The van der Waals surface area contributed by atoms with Gasteiger partial charge in [-0.2, -0.15) is 0 Å². The zero-order valence-electron chi connectivity index (χ0n) is 20.2. The molecule has 0 spiro atoms. The monoisotopic (exact) mass is 578 g/mol. The second-order valence-electron chi connectivity index (χ2n) is 9.33. The van der Waals surface area contributed by atoms with Crippen molar-refractivity contribution in [2.45, 2.75) is 22.1 Å². The lowest BCUT2D eigenvalue weighted by Gasteiger charge is -2.20. The molecule has 4 aromatic carbocycles. The van der Waals surface area contributed by atoms with Crippen molar-refractivity contribution in [3.63, 3.8) is 0 Å². The molecule has 0 amide bonds. The Bertz CT molecular complexity index is 1550. The molecule has 0 radical (unpaired) electrons. The van der Waals surface area contributed by atoms with Crippen LogP contribution in [0, 0.1) is 0 Å². The summed E-state index contributed by atoms with van der Waals surface area (Å²) >= 11 is 12.1. The number of benzene rings is 4. The van der Waals surface area contributed by atoms with Gasteiger partial charge in [-0.25, -0.2) is 8.42 Å². The van der Waals surface area contributed by atoms with Crippen LogP contribution in [0.25, 0.3) is 0 Å². The van der Waals surface area contributed by atoms with Gasteiger partial charge in [-0.05, 0) is 35.4 Å². The van der Waals surface area contributed by atoms with Crippen molar-refractivity contribution in [2.75, 3.05) is 0 Å². The molecule has 196 valence electrons. The van der Waals surface area contributed by atoms with E-state index in [9.17, 15) is 18.0 Å². The molecule has 2 aliphatic rings. The van der Waals surface area contributed by atoms with Crippen LogP contribution in [-0.4, -0.2) is 29.9 Å². The minimum atomic E-state index is -4.83. The third-order valence-corrected chi connectivity index (χ3v) is 10.1. The molecular formula is C30H20Cl2O6S. The zero-order valence-corrected chi connectivity index (χ0v) is 22.5. The van der Waals surface area contributed by atoms with Crippen molar-refractivity contribution in [3.8, 4) is 0 Å². The minimum Gasteiger partial charge on any atom is -0.337 e. The van der Waals surface area contributed by atoms with Crippen molar-refractivity contribution in [2.24, 2.45) is 0 Å². The van der Waals surface area contributed by atoms with Crippen molar-refractivity contribution < 1.29 is 27.5 Å². The first-order valence-electron chi connectivity index (χ1n) is 12.0. The summed E-state index contributed by atoms with van der Waals surface area (Å²) in [5, 5.41) is 0.873. The summed E-state index contributed by atoms with van der Waals surface area (Å²) in [6.45, 7) is 0. The highest BCUT2D eigenvalue weighted by Gasteiger charge is 2.85. The van der Waals surface area contributed by atoms with E-state index in [4.69, 9.17) is 32.7 Å². The van der Waals surface area contributed by atoms with Crippen LogP contribution in [0.1, 0.15) is 44.1 Å². The number of Topliss-reactive ketones (excluding diaryl/α,β-unsaturated/α-hetero) is 2. The van der Waals surface area contributed by atoms with Gasteiger partial charge < -0.3 is 9.47 Å². The van der Waals surface area contributed by atoms with Gasteiger partial charge in [-0.1, -0.05) is 108 Å². The standard InChI is InChI=1S/C30H20Cl2O6S/c31-23-15-11-21(12-16-23)27-29(37-27,25(33)19-7-3-1-4-8-19)39(35,36)30(26(34)20-9-5-2-6-10-20)28(38-30)22-13-17-24(32)18-14-22/h1-18,27-28H/t27-,28-,29-,30-/m0/s1. The molecular weight excluding hydrogens is 559 g/mol. The molecule has 0 aliphatic carbocycles. The zero-order chi connectivity index (χ0) is 27.4. The van der Waals surface area contributed by atoms with Gasteiger partial charge >= 0.3 is 0 Å². The molecule has 39 heavy (non-hydrogen) atoms. The summed E-state index contributed by atoms with van der Waals surface area (Å²) in [4.78, 5) is 23.3. The van der Waals surface area contributed by atoms with Crippen LogP contribution >= 0.6 is 23.2 Å². The molecule has 2 saturated heterocycles. The predicted octanol–water partition coefficient (Wildman–Crippen LogP) is 6.41. The summed E-state index contributed by atoms with van der Waals surface area (Å²) in [6.07, 6.45) is -2.36. The van der Waals surface area contributed by atoms with Crippen LogP contribution in [0.4, 0.5) is 0 Å². The highest BCUT2D eigenvalue weighted by Crippen LogP contribution is 2.66. The number of epoxide rings is 2. The summed E-state index contributed by atoms with van der Waals surface area (Å²) in [5.41, 5.74) is 1.11. The Balaban J connectivity index is 1.53. The molecule has 0 bridgehead atoms. The van der Waals surface area contributed by atoms with E-state index in [0.717, 1.165) is 0 Å². The lowest BCUT2D eigenvalue weighted by molar-refractivity contribution is 0.0910. The molecule has 2 fully saturated rings. The number of carbonyl (C=O) groups is 2. The third-order valence-electron chi connectivity index (χ3n) is 7.01. The Morgan fingerprint density at radius 3 is 1.23 bits per heavy atom. The molecule has 4 aromatic rings. The lowest BCUT2D eigenvalue weighted by Crippen LogP contribution is -2.48. The number of hydrogen-bond acceptors (Lipinski definition) is 6. The van der Waals surface area contributed by atoms with Crippen LogP contribution < -0.4 is 0 Å². The van der Waals surface area contributed by atoms with E-state index >= 15 is 0 Å². The maximum absolute atomic E-state index is 14.8. The van der Waals surface area contributed by atoms with Crippen molar-refractivity contribution in [1.29, 1.82) is 0 Å². The van der Waals surface area contributed by atoms with Gasteiger partial charge in [-0.3, -0.25) is 9.59 Å². The predicted molar refractivity (Wildman–Crippen MR) is 146 cm³/mol. The van der Waals surface area contributed by atoms with E-state index < -0.39 is 43.5 Å². The first-order valence-corrected chi connectivity index (χ1v) is 14.3. The SMILES string of the molecule is O=C(c1ccccc1)[C@@]1(S(=O)(=O)[C@]2(C(=O)c3ccccc3)O[C@H]2c2ccc(Cl)cc2)O[C@H]1c1ccc(Cl)cc1. The summed E-state index contributed by atoms with van der Waals surface area (Å²) in [6, 6.07) is 28.7. The molecule has 6 nitrogen and oxygen atoms in total. The molecule has 2 heterocycles. The van der Waals surface area contributed by atoms with Gasteiger partial charge in [0.2, 0.25) is 21.4 Å². The van der Waals surface area contributed by atoms with Crippen molar-refractivity contribution in [3.05, 3.63) is 141 Å². The molecule has 0 unspecified atom stereocenters. The molecule has 2 aliphatic heterocycles. The fourth-order valence-electron chi connectivity index (χ4n) is 4.94. The van der Waals surface area contributed by atoms with Crippen LogP contribution in [0.15, 0.2) is 109 Å². The van der Waals surface area contributed by atoms with Crippen LogP contribution in [-0.2, 0) is 19.3 Å². The number of halogens is 2. The topological polar surface area (TPSA) is 93.3 Å². The van der Waals surface area contributed by atoms with Gasteiger partial charge in [0.15, 0.2) is 0 Å². The minimum absolute atomic E-state index is 0.128. The highest BCUT2D eigenvalue weighted by atomic mass is 35.5. The Labute approximate surface area is 235 Å². The first kappa shape index (κ1) is 25.9. The number of ether oxygens (including phenoxy) is 2. The fraction of sp³-hybridized carbons (Fsp3) is 0.133. The van der Waals surface area contributed by atoms with Crippen molar-refractivity contribution in [1.82, 2.24) is 0 Å². The average molecular weight is 579 g/mol. The molecule has 0 saturated carbocycles. The second-order valence-corrected chi connectivity index (χ2v) is 12.4. The quantitative estimate of drug-likeness (QED) is 0.177. The van der Waals surface area contributed by atoms with Crippen molar-refractivity contribution >= 4 is 44.6 Å².